The van der Waals surface area contributed by atoms with Crippen LogP contribution in [0.2, 0.25) is 0 Å². The first-order valence-electron chi connectivity index (χ1n) is 5.79. The number of carboxylic acids is 1. The molecule has 1 aromatic heterocycles. The Morgan fingerprint density at radius 3 is 3.00 bits per heavy atom. The van der Waals surface area contributed by atoms with Crippen molar-refractivity contribution in [3.05, 3.63) is 12.2 Å². The van der Waals surface area contributed by atoms with Crippen molar-refractivity contribution in [2.45, 2.75) is 25.0 Å². The summed E-state index contributed by atoms with van der Waals surface area (Å²) < 4.78 is 4.76. The molecule has 2 rings (SSSR count). The van der Waals surface area contributed by atoms with Crippen molar-refractivity contribution in [2.75, 3.05) is 13.1 Å². The van der Waals surface area contributed by atoms with Crippen molar-refractivity contribution < 1.29 is 24.3 Å². The van der Waals surface area contributed by atoms with E-state index in [-0.39, 0.29) is 19.5 Å². The summed E-state index contributed by atoms with van der Waals surface area (Å²) in [7, 11) is 0. The van der Waals surface area contributed by atoms with Gasteiger partial charge >= 0.3 is 12.0 Å². The topological polar surface area (TPSA) is 129 Å². The highest BCUT2D eigenvalue weighted by Crippen LogP contribution is 2.17. The van der Waals surface area contributed by atoms with Gasteiger partial charge in [-0.2, -0.15) is 4.98 Å². The number of urea groups is 1. The number of carboxylic acid groups (broad SMARTS) is 1. The lowest BCUT2D eigenvalue weighted by molar-refractivity contribution is -0.141. The monoisotopic (exact) mass is 270 g/mol. The molecule has 1 aliphatic heterocycles. The minimum atomic E-state index is -1.12. The van der Waals surface area contributed by atoms with Crippen molar-refractivity contribution in [2.24, 2.45) is 0 Å². The minimum Gasteiger partial charge on any atom is -0.480 e. The number of aliphatic carboxylic acids is 1. The van der Waals surface area contributed by atoms with Crippen LogP contribution in [0.4, 0.5) is 4.79 Å². The van der Waals surface area contributed by atoms with Crippen molar-refractivity contribution >= 4 is 12.0 Å². The van der Waals surface area contributed by atoms with Crippen molar-refractivity contribution in [1.82, 2.24) is 20.4 Å². The average Bonchev–Trinajstić information content (AvgIpc) is 2.98. The summed E-state index contributed by atoms with van der Waals surface area (Å²) in [4.78, 5) is 27.7. The van der Waals surface area contributed by atoms with Gasteiger partial charge in [0, 0.05) is 25.9 Å². The number of aliphatic hydroxyl groups is 1. The number of nitrogens with zero attached hydrogens (tertiary/aromatic N) is 3. The molecule has 0 saturated carbocycles. The first-order chi connectivity index (χ1) is 9.08. The number of aromatic nitrogens is 2. The molecular formula is C10H14N4O5. The quantitative estimate of drug-likeness (QED) is 0.629. The van der Waals surface area contributed by atoms with Gasteiger partial charge < -0.3 is 25.0 Å². The van der Waals surface area contributed by atoms with Crippen LogP contribution < -0.4 is 5.32 Å². The SMILES string of the molecule is O=C(O)[C@H]1C[C@@H](O)CN1C(=O)NCCc1ncno1. The molecule has 0 spiro atoms. The van der Waals surface area contributed by atoms with E-state index in [0.717, 1.165) is 4.90 Å². The predicted octanol–water partition coefficient (Wildman–Crippen LogP) is -1.16. The summed E-state index contributed by atoms with van der Waals surface area (Å²) in [6, 6.07) is -1.51. The predicted molar refractivity (Wildman–Crippen MR) is 60.2 cm³/mol. The number of likely N-dealkylation sites (tertiary alicyclic amines) is 1. The number of hydrogen-bond acceptors (Lipinski definition) is 6. The Morgan fingerprint density at radius 2 is 2.37 bits per heavy atom. The standard InChI is InChI=1S/C10H14N4O5/c15-6-3-7(9(16)17)14(4-6)10(18)11-2-1-8-12-5-13-19-8/h5-7,15H,1-4H2,(H,11,18)(H,16,17)/t6-,7-/m1/s1. The molecule has 2 atom stereocenters. The Balaban J connectivity index is 1.83. The fraction of sp³-hybridized carbons (Fsp3) is 0.600. The van der Waals surface area contributed by atoms with E-state index in [1.165, 1.54) is 6.33 Å². The van der Waals surface area contributed by atoms with Gasteiger partial charge in [-0.3, -0.25) is 0 Å². The summed E-state index contributed by atoms with van der Waals surface area (Å²) in [6.07, 6.45) is 0.864. The summed E-state index contributed by atoms with van der Waals surface area (Å²) in [5.41, 5.74) is 0. The van der Waals surface area contributed by atoms with Gasteiger partial charge in [-0.15, -0.1) is 0 Å². The first-order valence-corrected chi connectivity index (χ1v) is 5.79. The van der Waals surface area contributed by atoms with Gasteiger partial charge in [-0.1, -0.05) is 5.16 Å². The number of nitrogens with one attached hydrogen (secondary N) is 1. The molecule has 1 aromatic rings. The largest absolute Gasteiger partial charge is 0.480 e. The smallest absolute Gasteiger partial charge is 0.326 e. The van der Waals surface area contributed by atoms with E-state index < -0.39 is 24.1 Å². The van der Waals surface area contributed by atoms with Crippen LogP contribution in [0.5, 0.6) is 0 Å². The second-order valence-electron chi connectivity index (χ2n) is 4.21. The minimum absolute atomic E-state index is 0.0172. The van der Waals surface area contributed by atoms with Gasteiger partial charge in [-0.25, -0.2) is 9.59 Å². The zero-order valence-electron chi connectivity index (χ0n) is 10.0. The lowest BCUT2D eigenvalue weighted by atomic mass is 10.2. The lowest BCUT2D eigenvalue weighted by Crippen LogP contribution is -2.46. The van der Waals surface area contributed by atoms with Gasteiger partial charge in [0.15, 0.2) is 6.33 Å². The van der Waals surface area contributed by atoms with Crippen molar-refractivity contribution in [3.63, 3.8) is 0 Å². The summed E-state index contributed by atoms with van der Waals surface area (Å²) >= 11 is 0. The van der Waals surface area contributed by atoms with Crippen LogP contribution in [0.3, 0.4) is 0 Å². The second kappa shape index (κ2) is 5.65. The maximum absolute atomic E-state index is 11.8. The number of β-amino-alcohol motifs (C(OH)–C–C–N with tert-alkyl or cyclic N) is 1. The normalized spacial score (nSPS) is 22.5. The van der Waals surface area contributed by atoms with Crippen LogP contribution in [0.15, 0.2) is 10.9 Å². The van der Waals surface area contributed by atoms with Crippen LogP contribution in [-0.4, -0.2) is 62.5 Å². The molecule has 0 bridgehead atoms. The Labute approximate surface area is 108 Å². The van der Waals surface area contributed by atoms with E-state index in [4.69, 9.17) is 9.63 Å². The van der Waals surface area contributed by atoms with Crippen LogP contribution >= 0.6 is 0 Å². The van der Waals surface area contributed by atoms with Gasteiger partial charge in [0.1, 0.15) is 6.04 Å². The number of carbonyl (C=O) groups is 2. The van der Waals surface area contributed by atoms with Gasteiger partial charge in [0.25, 0.3) is 0 Å². The third kappa shape index (κ3) is 3.19. The van der Waals surface area contributed by atoms with E-state index in [0.29, 0.717) is 12.3 Å². The van der Waals surface area contributed by atoms with Crippen molar-refractivity contribution in [1.29, 1.82) is 0 Å². The van der Waals surface area contributed by atoms with Crippen LogP contribution in [0.1, 0.15) is 12.3 Å². The van der Waals surface area contributed by atoms with E-state index in [9.17, 15) is 14.7 Å². The Hall–Kier alpha value is -2.16. The first kappa shape index (κ1) is 13.3. The Morgan fingerprint density at radius 1 is 1.58 bits per heavy atom. The van der Waals surface area contributed by atoms with E-state index in [2.05, 4.69) is 15.5 Å². The molecule has 1 aliphatic rings. The Bertz CT molecular complexity index is 449. The molecule has 0 aliphatic carbocycles. The molecule has 9 heteroatoms. The molecule has 0 aromatic carbocycles. The van der Waals surface area contributed by atoms with Gasteiger partial charge in [0.2, 0.25) is 5.89 Å². The maximum Gasteiger partial charge on any atom is 0.326 e. The molecule has 1 saturated heterocycles. The summed E-state index contributed by atoms with van der Waals surface area (Å²) in [6.45, 7) is 0.267. The van der Waals surface area contributed by atoms with E-state index in [1.807, 2.05) is 0 Å². The van der Waals surface area contributed by atoms with Gasteiger partial charge in [-0.05, 0) is 0 Å². The van der Waals surface area contributed by atoms with Gasteiger partial charge in [0.05, 0.1) is 6.10 Å². The van der Waals surface area contributed by atoms with E-state index in [1.54, 1.807) is 0 Å². The maximum atomic E-state index is 11.8. The van der Waals surface area contributed by atoms with Crippen LogP contribution in [0.25, 0.3) is 0 Å². The third-order valence-corrected chi connectivity index (χ3v) is 2.85. The van der Waals surface area contributed by atoms with Crippen LogP contribution in [-0.2, 0) is 11.2 Å². The number of amides is 2. The molecular weight excluding hydrogens is 256 g/mol. The second-order valence-corrected chi connectivity index (χ2v) is 4.21. The molecule has 3 N–H and O–H groups in total. The highest BCUT2D eigenvalue weighted by atomic mass is 16.5. The number of aliphatic hydroxyl groups excluding tert-OH is 1. The zero-order valence-corrected chi connectivity index (χ0v) is 10.0. The Kier molecular flexibility index (Phi) is 3.95. The highest BCUT2D eigenvalue weighted by Gasteiger charge is 2.38. The molecule has 9 nitrogen and oxygen atoms in total. The molecule has 2 amide bonds. The number of rotatable bonds is 4. The third-order valence-electron chi connectivity index (χ3n) is 2.85. The summed E-state index contributed by atoms with van der Waals surface area (Å²) in [5.74, 6) is -0.736. The lowest BCUT2D eigenvalue weighted by Gasteiger charge is -2.21. The zero-order chi connectivity index (χ0) is 13.8. The molecule has 104 valence electrons. The fourth-order valence-electron chi connectivity index (χ4n) is 1.96. The molecule has 19 heavy (non-hydrogen) atoms. The highest BCUT2D eigenvalue weighted by molar-refractivity contribution is 5.83. The molecule has 0 unspecified atom stereocenters. The summed E-state index contributed by atoms with van der Waals surface area (Å²) in [5, 5.41) is 24.4. The van der Waals surface area contributed by atoms with E-state index >= 15 is 0 Å². The molecule has 2 heterocycles. The van der Waals surface area contributed by atoms with Crippen LogP contribution in [0, 0.1) is 0 Å². The number of carbonyl (C=O) groups excluding carboxylic acids is 1. The molecule has 0 radical (unpaired) electrons. The van der Waals surface area contributed by atoms with Crippen molar-refractivity contribution in [3.8, 4) is 0 Å². The fourth-order valence-corrected chi connectivity index (χ4v) is 1.96. The average molecular weight is 270 g/mol. The molecule has 1 fully saturated rings. The number of hydrogen-bond donors (Lipinski definition) is 3.